The Morgan fingerprint density at radius 3 is 2.41 bits per heavy atom. The summed E-state index contributed by atoms with van der Waals surface area (Å²) >= 11 is 6.08. The molecule has 0 heterocycles. The van der Waals surface area contributed by atoms with Crippen LogP contribution in [0.3, 0.4) is 0 Å². The lowest BCUT2D eigenvalue weighted by Gasteiger charge is -2.17. The van der Waals surface area contributed by atoms with Gasteiger partial charge in [0, 0.05) is 29.4 Å². The van der Waals surface area contributed by atoms with E-state index in [1.54, 1.807) is 11.9 Å². The van der Waals surface area contributed by atoms with Crippen LogP contribution >= 0.6 is 11.6 Å². The molecule has 0 aromatic heterocycles. The van der Waals surface area contributed by atoms with E-state index in [4.69, 9.17) is 11.6 Å². The minimum Gasteiger partial charge on any atom is -0.346 e. The van der Waals surface area contributed by atoms with Gasteiger partial charge in [0.25, 0.3) is 5.69 Å². The number of likely N-dealkylation sites (N-methyl/N-ethyl adjacent to an activating group) is 1. The maximum absolute atomic E-state index is 12.1. The lowest BCUT2D eigenvalue weighted by atomic mass is 10.1. The van der Waals surface area contributed by atoms with E-state index in [1.165, 1.54) is 18.2 Å². The Morgan fingerprint density at radius 2 is 1.79 bits per heavy atom. The summed E-state index contributed by atoms with van der Waals surface area (Å²) in [6.45, 7) is 3.90. The number of nitro groups is 1. The number of hydrogen-bond acceptors (Lipinski definition) is 5. The first kappa shape index (κ1) is 22.3. The number of para-hydroxylation sites is 1. The molecule has 0 aliphatic heterocycles. The fourth-order valence-corrected chi connectivity index (χ4v) is 3.00. The van der Waals surface area contributed by atoms with E-state index in [-0.39, 0.29) is 37.1 Å². The molecule has 0 saturated heterocycles. The Balaban J connectivity index is 1.85. The summed E-state index contributed by atoms with van der Waals surface area (Å²) in [5.74, 6) is -0.661. The van der Waals surface area contributed by atoms with E-state index in [0.717, 1.165) is 16.8 Å². The second-order valence-electron chi connectivity index (χ2n) is 6.80. The molecule has 0 spiro atoms. The van der Waals surface area contributed by atoms with Crippen LogP contribution in [0.1, 0.15) is 16.7 Å². The van der Waals surface area contributed by atoms with Crippen LogP contribution in [-0.2, 0) is 16.1 Å². The van der Waals surface area contributed by atoms with E-state index in [2.05, 4.69) is 10.6 Å². The number of benzene rings is 2. The summed E-state index contributed by atoms with van der Waals surface area (Å²) in [4.78, 5) is 36.3. The van der Waals surface area contributed by atoms with E-state index in [0.29, 0.717) is 10.6 Å². The summed E-state index contributed by atoms with van der Waals surface area (Å²) in [5, 5.41) is 16.7. The van der Waals surface area contributed by atoms with E-state index >= 15 is 0 Å². The molecule has 0 radical (unpaired) electrons. The lowest BCUT2D eigenvalue weighted by molar-refractivity contribution is -0.384. The van der Waals surface area contributed by atoms with Crippen LogP contribution in [0.5, 0.6) is 0 Å². The van der Waals surface area contributed by atoms with Crippen molar-refractivity contribution in [2.45, 2.75) is 20.4 Å². The predicted octanol–water partition coefficient (Wildman–Crippen LogP) is 3.05. The molecule has 0 bridgehead atoms. The highest BCUT2D eigenvalue weighted by Crippen LogP contribution is 2.23. The van der Waals surface area contributed by atoms with Crippen molar-refractivity contribution in [3.8, 4) is 0 Å². The number of non-ortho nitro benzene ring substituents is 1. The van der Waals surface area contributed by atoms with Gasteiger partial charge in [-0.15, -0.1) is 0 Å². The number of hydrogen-bond donors (Lipinski definition) is 2. The standard InChI is InChI=1S/C20H23ClN4O4/c1-13-5-4-6-14(2)20(13)23-18(26)10-22-19(27)12-24(3)11-15-9-16(25(28)29)7-8-17(15)21/h4-9H,10-12H2,1-3H3,(H,22,27)(H,23,26). The van der Waals surface area contributed by atoms with Crippen LogP contribution in [0.15, 0.2) is 36.4 Å². The minimum atomic E-state index is -0.499. The number of nitrogens with one attached hydrogen (secondary N) is 2. The molecule has 9 heteroatoms. The molecule has 2 rings (SSSR count). The Bertz CT molecular complexity index is 912. The number of rotatable bonds is 8. The summed E-state index contributed by atoms with van der Waals surface area (Å²) in [5.41, 5.74) is 3.11. The van der Waals surface area contributed by atoms with Crippen molar-refractivity contribution in [3.05, 3.63) is 68.2 Å². The number of nitrogens with zero attached hydrogens (tertiary/aromatic N) is 2. The fourth-order valence-electron chi connectivity index (χ4n) is 2.82. The molecule has 0 saturated carbocycles. The monoisotopic (exact) mass is 418 g/mol. The van der Waals surface area contributed by atoms with Gasteiger partial charge in [-0.2, -0.15) is 0 Å². The molecule has 8 nitrogen and oxygen atoms in total. The molecule has 0 fully saturated rings. The van der Waals surface area contributed by atoms with Crippen LogP contribution in [0.2, 0.25) is 5.02 Å². The predicted molar refractivity (Wildman–Crippen MR) is 112 cm³/mol. The number of anilines is 1. The van der Waals surface area contributed by atoms with E-state index in [1.807, 2.05) is 32.0 Å². The van der Waals surface area contributed by atoms with Gasteiger partial charge in [0.15, 0.2) is 0 Å². The number of halogens is 1. The van der Waals surface area contributed by atoms with Crippen molar-refractivity contribution in [1.29, 1.82) is 0 Å². The Hall–Kier alpha value is -2.97. The number of aryl methyl sites for hydroxylation is 2. The zero-order valence-corrected chi connectivity index (χ0v) is 17.2. The molecular formula is C20H23ClN4O4. The number of amides is 2. The lowest BCUT2D eigenvalue weighted by Crippen LogP contribution is -2.39. The van der Waals surface area contributed by atoms with Gasteiger partial charge in [-0.3, -0.25) is 24.6 Å². The molecule has 2 N–H and O–H groups in total. The molecule has 0 aliphatic rings. The van der Waals surface area contributed by atoms with Crippen molar-refractivity contribution in [3.63, 3.8) is 0 Å². The van der Waals surface area contributed by atoms with Crippen LogP contribution in [0, 0.1) is 24.0 Å². The first-order chi connectivity index (χ1) is 13.7. The number of nitro benzene ring substituents is 1. The van der Waals surface area contributed by atoms with Crippen LogP contribution in [0.4, 0.5) is 11.4 Å². The third-order valence-corrected chi connectivity index (χ3v) is 4.65. The van der Waals surface area contributed by atoms with Crippen LogP contribution in [0.25, 0.3) is 0 Å². The van der Waals surface area contributed by atoms with Crippen molar-refractivity contribution in [1.82, 2.24) is 10.2 Å². The second-order valence-corrected chi connectivity index (χ2v) is 7.20. The van der Waals surface area contributed by atoms with Crippen molar-refractivity contribution >= 4 is 34.8 Å². The maximum atomic E-state index is 12.1. The molecule has 154 valence electrons. The first-order valence-corrected chi connectivity index (χ1v) is 9.29. The highest BCUT2D eigenvalue weighted by atomic mass is 35.5. The molecule has 2 aromatic rings. The zero-order chi connectivity index (χ0) is 21.6. The van der Waals surface area contributed by atoms with Gasteiger partial charge in [0.1, 0.15) is 0 Å². The third-order valence-electron chi connectivity index (χ3n) is 4.29. The van der Waals surface area contributed by atoms with Gasteiger partial charge in [0.2, 0.25) is 11.8 Å². The van der Waals surface area contributed by atoms with Crippen molar-refractivity contribution in [2.24, 2.45) is 0 Å². The summed E-state index contributed by atoms with van der Waals surface area (Å²) in [6, 6.07) is 9.87. The molecule has 2 amide bonds. The number of carbonyl (C=O) groups excluding carboxylic acids is 2. The van der Waals surface area contributed by atoms with Gasteiger partial charge in [0.05, 0.1) is 18.0 Å². The molecular weight excluding hydrogens is 396 g/mol. The Kier molecular flexibility index (Phi) is 7.69. The van der Waals surface area contributed by atoms with Gasteiger partial charge in [-0.05, 0) is 43.7 Å². The SMILES string of the molecule is Cc1cccc(C)c1NC(=O)CNC(=O)CN(C)Cc1cc([N+](=O)[O-])ccc1Cl. The molecule has 29 heavy (non-hydrogen) atoms. The Labute approximate surface area is 174 Å². The third kappa shape index (κ3) is 6.55. The average Bonchev–Trinajstić information content (AvgIpc) is 2.64. The minimum absolute atomic E-state index is 0.00962. The highest BCUT2D eigenvalue weighted by Gasteiger charge is 2.14. The molecule has 0 atom stereocenters. The van der Waals surface area contributed by atoms with Gasteiger partial charge < -0.3 is 10.6 Å². The fraction of sp³-hybridized carbons (Fsp3) is 0.300. The number of carbonyl (C=O) groups is 2. The van der Waals surface area contributed by atoms with Crippen molar-refractivity contribution in [2.75, 3.05) is 25.5 Å². The topological polar surface area (TPSA) is 105 Å². The van der Waals surface area contributed by atoms with Crippen molar-refractivity contribution < 1.29 is 14.5 Å². The largest absolute Gasteiger partial charge is 0.346 e. The maximum Gasteiger partial charge on any atom is 0.269 e. The van der Waals surface area contributed by atoms with Crippen LogP contribution in [-0.4, -0.2) is 41.8 Å². The normalized spacial score (nSPS) is 10.7. The van der Waals surface area contributed by atoms with Gasteiger partial charge in [-0.25, -0.2) is 0 Å². The van der Waals surface area contributed by atoms with Gasteiger partial charge in [-0.1, -0.05) is 29.8 Å². The van der Waals surface area contributed by atoms with E-state index in [9.17, 15) is 19.7 Å². The zero-order valence-electron chi connectivity index (χ0n) is 16.5. The molecule has 0 unspecified atom stereocenters. The quantitative estimate of drug-likeness (QED) is 0.506. The molecule has 0 aliphatic carbocycles. The summed E-state index contributed by atoms with van der Waals surface area (Å²) in [7, 11) is 1.69. The van der Waals surface area contributed by atoms with Crippen LogP contribution < -0.4 is 10.6 Å². The summed E-state index contributed by atoms with van der Waals surface area (Å²) in [6.07, 6.45) is 0. The molecule has 2 aromatic carbocycles. The average molecular weight is 419 g/mol. The van der Waals surface area contributed by atoms with Gasteiger partial charge >= 0.3 is 0 Å². The van der Waals surface area contributed by atoms with E-state index < -0.39 is 4.92 Å². The highest BCUT2D eigenvalue weighted by molar-refractivity contribution is 6.31. The second kappa shape index (κ2) is 9.99. The summed E-state index contributed by atoms with van der Waals surface area (Å²) < 4.78 is 0. The smallest absolute Gasteiger partial charge is 0.269 e. The first-order valence-electron chi connectivity index (χ1n) is 8.91. The Morgan fingerprint density at radius 1 is 1.14 bits per heavy atom.